The Labute approximate surface area is 138 Å². The average Bonchev–Trinajstić information content (AvgIpc) is 3.01. The fourth-order valence-corrected chi connectivity index (χ4v) is 44.0. The molecule has 1 rings (SSSR count). The molecule has 0 aromatic rings. The van der Waals surface area contributed by atoms with Gasteiger partial charge in [0.05, 0.1) is 0 Å². The number of hydrogen-bond acceptors (Lipinski definition) is 3. The van der Waals surface area contributed by atoms with Crippen molar-refractivity contribution < 1.29 is 29.5 Å². The summed E-state index contributed by atoms with van der Waals surface area (Å²) >= 11 is -4.99. The van der Waals surface area contributed by atoms with Crippen LogP contribution >= 0.6 is 0 Å². The second kappa shape index (κ2) is 8.71. The van der Waals surface area contributed by atoms with E-state index in [1.807, 2.05) is 32.9 Å². The Bertz CT molecular complexity index is 394. The topological polar surface area (TPSA) is 27.7 Å². The van der Waals surface area contributed by atoms with Crippen LogP contribution in [0.5, 0.6) is 0 Å². The van der Waals surface area contributed by atoms with Crippen LogP contribution in [0.2, 0.25) is 11.5 Å². The Balaban J connectivity index is 3.42. The van der Waals surface area contributed by atoms with E-state index in [1.54, 1.807) is 11.5 Å². The molecule has 0 fully saturated rings. The minimum atomic E-state index is -4.99. The molecule has 0 amide bonds. The van der Waals surface area contributed by atoms with Gasteiger partial charge in [-0.1, -0.05) is 0 Å². The number of hydrogen-bond donors (Lipinski definition) is 0. The van der Waals surface area contributed by atoms with Crippen LogP contribution in [0.25, 0.3) is 0 Å². The molecule has 0 atom stereocenters. The van der Waals surface area contributed by atoms with Crippen LogP contribution < -0.4 is 0 Å². The van der Waals surface area contributed by atoms with Gasteiger partial charge in [-0.2, -0.15) is 0 Å². The van der Waals surface area contributed by atoms with Gasteiger partial charge in [0.1, 0.15) is 0 Å². The van der Waals surface area contributed by atoms with Gasteiger partial charge in [0.2, 0.25) is 0 Å². The Hall–Kier alpha value is 0.716. The molecular formula is C16H32FGeO3Zr. The first-order chi connectivity index (χ1) is 10.4. The first-order valence-corrected chi connectivity index (χ1v) is 25.2. The van der Waals surface area contributed by atoms with Crippen LogP contribution in [0.3, 0.4) is 0 Å². The van der Waals surface area contributed by atoms with Gasteiger partial charge < -0.3 is 0 Å². The Morgan fingerprint density at radius 1 is 1.00 bits per heavy atom. The molecule has 0 radical (unpaired) electrons. The fraction of sp³-hybridized carbons (Fsp3) is 0.750. The predicted molar refractivity (Wildman–Crippen MR) is 89.2 cm³/mol. The zero-order valence-electron chi connectivity index (χ0n) is 14.8. The van der Waals surface area contributed by atoms with Gasteiger partial charge in [-0.25, -0.2) is 0 Å². The first-order valence-electron chi connectivity index (χ1n) is 8.51. The normalized spacial score (nSPS) is 17.4. The summed E-state index contributed by atoms with van der Waals surface area (Å²) in [6.07, 6.45) is 9.27. The summed E-state index contributed by atoms with van der Waals surface area (Å²) in [4.78, 5) is 0. The minimum absolute atomic E-state index is 0.509. The molecule has 0 N–H and O–H groups in total. The zero-order chi connectivity index (χ0) is 16.7. The molecule has 3 nitrogen and oxygen atoms in total. The number of halogens is 1. The standard InChI is InChI=1S/C5H5.3C3H7O.C2H6FGe.Zr/c1-2-4-5-3-1;3*1-2-3-4;1-4(2)3;/h1-3H,4H2;3*2-3H2,1H3;1-2H3;/q;3*-1;;+3. The van der Waals surface area contributed by atoms with E-state index in [4.69, 9.17) is 8.44 Å². The third-order valence-corrected chi connectivity index (χ3v) is 52.9. The third kappa shape index (κ3) is 3.85. The van der Waals surface area contributed by atoms with Gasteiger partial charge in [0, 0.05) is 0 Å². The summed E-state index contributed by atoms with van der Waals surface area (Å²) < 4.78 is 36.0. The van der Waals surface area contributed by atoms with Crippen LogP contribution in [0, 0.1) is 0 Å². The summed E-state index contributed by atoms with van der Waals surface area (Å²) in [7, 11) is -3.92. The van der Waals surface area contributed by atoms with E-state index < -0.39 is 27.5 Å². The monoisotopic (exact) mass is 455 g/mol. The van der Waals surface area contributed by atoms with Crippen LogP contribution in [0.4, 0.5) is 3.50 Å². The summed E-state index contributed by atoms with van der Waals surface area (Å²) in [5.41, 5.74) is 0. The number of rotatable bonds is 11. The van der Waals surface area contributed by atoms with Gasteiger partial charge in [-0.05, 0) is 0 Å². The Kier molecular flexibility index (Phi) is 8.22. The second-order valence-electron chi connectivity index (χ2n) is 6.33. The van der Waals surface area contributed by atoms with Crippen molar-refractivity contribution in [3.8, 4) is 0 Å². The zero-order valence-corrected chi connectivity index (χ0v) is 19.3. The van der Waals surface area contributed by atoms with Gasteiger partial charge in [0.15, 0.2) is 0 Å². The van der Waals surface area contributed by atoms with Crippen molar-refractivity contribution in [3.63, 3.8) is 0 Å². The van der Waals surface area contributed by atoms with Crippen molar-refractivity contribution in [1.29, 1.82) is 0 Å². The molecule has 0 aliphatic heterocycles. The van der Waals surface area contributed by atoms with Gasteiger partial charge >= 0.3 is 139 Å². The molecule has 1 aliphatic carbocycles. The van der Waals surface area contributed by atoms with Crippen molar-refractivity contribution >= 4 is 9.94 Å². The van der Waals surface area contributed by atoms with Crippen molar-refractivity contribution in [2.24, 2.45) is 0 Å². The van der Waals surface area contributed by atoms with Crippen molar-refractivity contribution in [2.75, 3.05) is 19.8 Å². The summed E-state index contributed by atoms with van der Waals surface area (Å²) in [6, 6.07) is 0. The quantitative estimate of drug-likeness (QED) is 0.400. The molecule has 0 heterocycles. The van der Waals surface area contributed by atoms with E-state index in [9.17, 15) is 0 Å². The summed E-state index contributed by atoms with van der Waals surface area (Å²) in [6.45, 7) is 7.66. The fourth-order valence-electron chi connectivity index (χ4n) is 2.93. The maximum absolute atomic E-state index is 15.8. The Morgan fingerprint density at radius 3 is 1.73 bits per heavy atom. The van der Waals surface area contributed by atoms with E-state index >= 15 is 3.50 Å². The molecule has 0 unspecified atom stereocenters. The summed E-state index contributed by atoms with van der Waals surface area (Å²) in [5.74, 6) is 3.51. The van der Waals surface area contributed by atoms with E-state index in [0.29, 0.717) is 26.2 Å². The molecule has 1 aliphatic rings. The van der Waals surface area contributed by atoms with Crippen molar-refractivity contribution in [2.45, 2.75) is 58.0 Å². The van der Waals surface area contributed by atoms with Crippen molar-refractivity contribution in [3.05, 3.63) is 21.5 Å². The molecule has 129 valence electrons. The van der Waals surface area contributed by atoms with Crippen LogP contribution in [0.1, 0.15) is 46.5 Å². The molecule has 6 heteroatoms. The van der Waals surface area contributed by atoms with Crippen LogP contribution in [0.15, 0.2) is 21.5 Å². The maximum atomic E-state index is 15.8. The molecule has 22 heavy (non-hydrogen) atoms. The van der Waals surface area contributed by atoms with E-state index in [1.165, 1.54) is 0 Å². The molecule has 0 saturated carbocycles. The Morgan fingerprint density at radius 2 is 1.45 bits per heavy atom. The average molecular weight is 455 g/mol. The number of allylic oxidation sites excluding steroid dienone is 4. The SMILES string of the molecule is CCC[O][Zr]([O]CCC)([O]CCC)([C]1=CC=CC1)[Ge]([CH3])([CH3])[F]. The molecule has 0 aromatic carbocycles. The molecule has 0 bridgehead atoms. The van der Waals surface area contributed by atoms with Gasteiger partial charge in [-0.3, -0.25) is 0 Å². The first kappa shape index (κ1) is 20.8. The van der Waals surface area contributed by atoms with Gasteiger partial charge in [-0.15, -0.1) is 0 Å². The molecular weight excluding hydrogens is 423 g/mol. The molecule has 0 saturated heterocycles. The predicted octanol–water partition coefficient (Wildman–Crippen LogP) is 5.22. The molecule has 0 spiro atoms. The second-order valence-corrected chi connectivity index (χ2v) is 47.0. The van der Waals surface area contributed by atoms with E-state index in [0.717, 1.165) is 22.5 Å². The van der Waals surface area contributed by atoms with Gasteiger partial charge in [0.25, 0.3) is 0 Å². The van der Waals surface area contributed by atoms with E-state index in [2.05, 4.69) is 6.08 Å². The van der Waals surface area contributed by atoms with Crippen LogP contribution in [-0.2, 0) is 26.0 Å². The molecule has 0 aromatic heterocycles. The van der Waals surface area contributed by atoms with Crippen molar-refractivity contribution in [1.82, 2.24) is 0 Å². The van der Waals surface area contributed by atoms with Crippen LogP contribution in [-0.4, -0.2) is 29.8 Å². The third-order valence-electron chi connectivity index (χ3n) is 4.06. The van der Waals surface area contributed by atoms with E-state index in [-0.39, 0.29) is 0 Å². The summed E-state index contributed by atoms with van der Waals surface area (Å²) in [5, 5.41) is 0.